The molecule has 0 aliphatic heterocycles. The van der Waals surface area contributed by atoms with Crippen molar-refractivity contribution >= 4 is 29.3 Å². The molecular weight excluding hydrogens is 404 g/mol. The van der Waals surface area contributed by atoms with Gasteiger partial charge in [0.2, 0.25) is 5.91 Å². The van der Waals surface area contributed by atoms with Gasteiger partial charge in [-0.25, -0.2) is 0 Å². The second kappa shape index (κ2) is 9.46. The first-order valence-electron chi connectivity index (χ1n) is 9.53. The molecule has 7 heteroatoms. The fourth-order valence-electron chi connectivity index (χ4n) is 2.75. The van der Waals surface area contributed by atoms with Crippen molar-refractivity contribution in [1.82, 2.24) is 20.1 Å². The first-order valence-corrected chi connectivity index (χ1v) is 10.9. The van der Waals surface area contributed by atoms with Gasteiger partial charge in [-0.3, -0.25) is 9.36 Å². The summed E-state index contributed by atoms with van der Waals surface area (Å²) in [5, 5.41) is 13.1. The molecule has 0 saturated heterocycles. The molecule has 3 rings (SSSR count). The van der Waals surface area contributed by atoms with Crippen LogP contribution in [0.1, 0.15) is 25.0 Å². The Morgan fingerprint density at radius 2 is 1.83 bits per heavy atom. The van der Waals surface area contributed by atoms with Crippen LogP contribution in [0.2, 0.25) is 5.02 Å². The van der Waals surface area contributed by atoms with Gasteiger partial charge in [0.25, 0.3) is 0 Å². The quantitative estimate of drug-likeness (QED) is 0.534. The summed E-state index contributed by atoms with van der Waals surface area (Å²) in [7, 11) is 0. The predicted molar refractivity (Wildman–Crippen MR) is 120 cm³/mol. The van der Waals surface area contributed by atoms with E-state index in [0.29, 0.717) is 22.6 Å². The summed E-state index contributed by atoms with van der Waals surface area (Å²) in [6.07, 6.45) is 0. The predicted octanol–water partition coefficient (Wildman–Crippen LogP) is 5.07. The van der Waals surface area contributed by atoms with E-state index in [1.807, 2.05) is 34.9 Å². The van der Waals surface area contributed by atoms with E-state index < -0.39 is 0 Å². The standard InChI is InChI=1S/C22H25ClN4OS/c1-14(2)12-24-20(28)13-29-22-26-25-21(17-6-8-18(23)9-7-17)27(22)19-10-5-15(3)16(4)11-19/h5-11,14H,12-13H2,1-4H3,(H,24,28). The van der Waals surface area contributed by atoms with Crippen LogP contribution in [-0.2, 0) is 4.79 Å². The van der Waals surface area contributed by atoms with Gasteiger partial charge in [-0.2, -0.15) is 0 Å². The number of nitrogens with one attached hydrogen (secondary N) is 1. The van der Waals surface area contributed by atoms with Crippen LogP contribution in [0.5, 0.6) is 0 Å². The molecule has 1 amide bonds. The molecule has 0 radical (unpaired) electrons. The molecule has 0 fully saturated rings. The van der Waals surface area contributed by atoms with Gasteiger partial charge in [0, 0.05) is 17.1 Å². The van der Waals surface area contributed by atoms with Crippen molar-refractivity contribution in [3.05, 3.63) is 58.6 Å². The lowest BCUT2D eigenvalue weighted by molar-refractivity contribution is -0.118. The smallest absolute Gasteiger partial charge is 0.230 e. The fourth-order valence-corrected chi connectivity index (χ4v) is 3.65. The van der Waals surface area contributed by atoms with Gasteiger partial charge >= 0.3 is 0 Å². The van der Waals surface area contributed by atoms with Crippen LogP contribution in [0.4, 0.5) is 0 Å². The number of nitrogens with zero attached hydrogens (tertiary/aromatic N) is 3. The van der Waals surface area contributed by atoms with Crippen molar-refractivity contribution in [1.29, 1.82) is 0 Å². The van der Waals surface area contributed by atoms with Crippen molar-refractivity contribution in [3.63, 3.8) is 0 Å². The Balaban J connectivity index is 1.95. The third-order valence-electron chi connectivity index (χ3n) is 4.52. The second-order valence-corrected chi connectivity index (χ2v) is 8.78. The van der Waals surface area contributed by atoms with E-state index in [1.165, 1.54) is 22.9 Å². The number of amides is 1. The number of aromatic nitrogens is 3. The maximum absolute atomic E-state index is 12.2. The van der Waals surface area contributed by atoms with E-state index in [9.17, 15) is 4.79 Å². The second-order valence-electron chi connectivity index (χ2n) is 7.40. The molecule has 0 aliphatic carbocycles. The SMILES string of the molecule is Cc1ccc(-n2c(SCC(=O)NCC(C)C)nnc2-c2ccc(Cl)cc2)cc1C. The van der Waals surface area contributed by atoms with Gasteiger partial charge in [0.05, 0.1) is 11.4 Å². The molecule has 0 bridgehead atoms. The summed E-state index contributed by atoms with van der Waals surface area (Å²) in [4.78, 5) is 12.2. The van der Waals surface area contributed by atoms with Crippen molar-refractivity contribution in [3.8, 4) is 17.1 Å². The minimum atomic E-state index is -0.00798. The average molecular weight is 429 g/mol. The van der Waals surface area contributed by atoms with E-state index in [-0.39, 0.29) is 11.7 Å². The van der Waals surface area contributed by atoms with Crippen LogP contribution >= 0.6 is 23.4 Å². The lowest BCUT2D eigenvalue weighted by Gasteiger charge is -2.12. The Kier molecular flexibility index (Phi) is 6.98. The number of benzene rings is 2. The zero-order valence-electron chi connectivity index (χ0n) is 17.1. The summed E-state index contributed by atoms with van der Waals surface area (Å²) in [5.74, 6) is 1.41. The average Bonchev–Trinajstić information content (AvgIpc) is 3.11. The van der Waals surface area contributed by atoms with Gasteiger partial charge in [-0.05, 0) is 67.3 Å². The number of halogens is 1. The highest BCUT2D eigenvalue weighted by Crippen LogP contribution is 2.29. The van der Waals surface area contributed by atoms with Crippen molar-refractivity contribution in [2.24, 2.45) is 5.92 Å². The molecule has 0 unspecified atom stereocenters. The zero-order chi connectivity index (χ0) is 21.0. The Labute approximate surface area is 180 Å². The van der Waals surface area contributed by atoms with Gasteiger partial charge in [-0.1, -0.05) is 43.3 Å². The van der Waals surface area contributed by atoms with Crippen LogP contribution in [0, 0.1) is 19.8 Å². The Morgan fingerprint density at radius 1 is 1.10 bits per heavy atom. The van der Waals surface area contributed by atoms with E-state index in [2.05, 4.69) is 55.3 Å². The van der Waals surface area contributed by atoms with Crippen LogP contribution in [0.25, 0.3) is 17.1 Å². The van der Waals surface area contributed by atoms with Gasteiger partial charge in [0.15, 0.2) is 11.0 Å². The van der Waals surface area contributed by atoms with Crippen molar-refractivity contribution < 1.29 is 4.79 Å². The highest BCUT2D eigenvalue weighted by atomic mass is 35.5. The summed E-state index contributed by atoms with van der Waals surface area (Å²) >= 11 is 7.43. The Hall–Kier alpha value is -2.31. The van der Waals surface area contributed by atoms with Crippen molar-refractivity contribution in [2.45, 2.75) is 32.9 Å². The van der Waals surface area contributed by atoms with Crippen LogP contribution in [0.3, 0.4) is 0 Å². The van der Waals surface area contributed by atoms with E-state index in [1.54, 1.807) is 0 Å². The molecule has 0 spiro atoms. The maximum atomic E-state index is 12.2. The molecule has 1 aromatic heterocycles. The molecule has 29 heavy (non-hydrogen) atoms. The molecule has 1 N–H and O–H groups in total. The lowest BCUT2D eigenvalue weighted by atomic mass is 10.1. The summed E-state index contributed by atoms with van der Waals surface area (Å²) < 4.78 is 2.00. The van der Waals surface area contributed by atoms with E-state index in [0.717, 1.165) is 17.1 Å². The Bertz CT molecular complexity index is 999. The largest absolute Gasteiger partial charge is 0.355 e. The number of hydrogen-bond donors (Lipinski definition) is 1. The topological polar surface area (TPSA) is 59.8 Å². The molecular formula is C22H25ClN4OS. The number of rotatable bonds is 7. The van der Waals surface area contributed by atoms with Crippen LogP contribution in [0.15, 0.2) is 47.6 Å². The highest BCUT2D eigenvalue weighted by molar-refractivity contribution is 7.99. The molecule has 2 aromatic carbocycles. The molecule has 5 nitrogen and oxygen atoms in total. The molecule has 1 heterocycles. The minimum absolute atomic E-state index is 0.00798. The summed E-state index contributed by atoms with van der Waals surface area (Å²) in [5.41, 5.74) is 4.28. The first kappa shape index (κ1) is 21.4. The highest BCUT2D eigenvalue weighted by Gasteiger charge is 2.18. The van der Waals surface area contributed by atoms with Crippen LogP contribution < -0.4 is 5.32 Å². The number of aryl methyl sites for hydroxylation is 2. The monoisotopic (exact) mass is 428 g/mol. The normalized spacial score (nSPS) is 11.1. The summed E-state index contributed by atoms with van der Waals surface area (Å²) in [6.45, 7) is 8.97. The number of carbonyl (C=O) groups excluding carboxylic acids is 1. The molecule has 0 atom stereocenters. The fraction of sp³-hybridized carbons (Fsp3) is 0.318. The van der Waals surface area contributed by atoms with Gasteiger partial charge in [-0.15, -0.1) is 10.2 Å². The molecule has 3 aromatic rings. The lowest BCUT2D eigenvalue weighted by Crippen LogP contribution is -2.28. The minimum Gasteiger partial charge on any atom is -0.355 e. The van der Waals surface area contributed by atoms with Crippen LogP contribution in [-0.4, -0.2) is 33.0 Å². The number of hydrogen-bond acceptors (Lipinski definition) is 4. The third-order valence-corrected chi connectivity index (χ3v) is 5.71. The number of carbonyl (C=O) groups is 1. The van der Waals surface area contributed by atoms with Crippen molar-refractivity contribution in [2.75, 3.05) is 12.3 Å². The Morgan fingerprint density at radius 3 is 2.48 bits per heavy atom. The maximum Gasteiger partial charge on any atom is 0.230 e. The molecule has 0 saturated carbocycles. The molecule has 0 aliphatic rings. The first-order chi connectivity index (χ1) is 13.8. The zero-order valence-corrected chi connectivity index (χ0v) is 18.6. The number of thioether (sulfide) groups is 1. The molecule has 152 valence electrons. The summed E-state index contributed by atoms with van der Waals surface area (Å²) in [6, 6.07) is 13.8. The van der Waals surface area contributed by atoms with Gasteiger partial charge < -0.3 is 5.32 Å². The third kappa shape index (κ3) is 5.40. The van der Waals surface area contributed by atoms with E-state index >= 15 is 0 Å². The van der Waals surface area contributed by atoms with Gasteiger partial charge in [0.1, 0.15) is 0 Å². The van der Waals surface area contributed by atoms with E-state index in [4.69, 9.17) is 11.6 Å².